The molecule has 0 unspecified atom stereocenters. The molecule has 0 saturated carbocycles. The van der Waals surface area contributed by atoms with Crippen molar-refractivity contribution < 1.29 is 4.79 Å². The van der Waals surface area contributed by atoms with E-state index < -0.39 is 0 Å². The van der Waals surface area contributed by atoms with Crippen LogP contribution in [0.1, 0.15) is 26.2 Å². The average Bonchev–Trinajstić information content (AvgIpc) is 2.54. The van der Waals surface area contributed by atoms with Gasteiger partial charge in [0.05, 0.1) is 10.7 Å². The highest BCUT2D eigenvalue weighted by Gasteiger charge is 2.19. The maximum Gasteiger partial charge on any atom is 0.225 e. The fourth-order valence-electron chi connectivity index (χ4n) is 2.80. The van der Waals surface area contributed by atoms with Gasteiger partial charge in [-0.3, -0.25) is 4.79 Å². The number of anilines is 1. The lowest BCUT2D eigenvalue weighted by atomic mass is 9.96. The average molecular weight is 324 g/mol. The molecule has 2 N–H and O–H groups in total. The van der Waals surface area contributed by atoms with Crippen molar-refractivity contribution in [1.82, 2.24) is 10.2 Å². The Bertz CT molecular complexity index is 473. The number of hydrogen-bond donors (Lipinski definition) is 2. The van der Waals surface area contributed by atoms with E-state index in [1.165, 1.54) is 12.8 Å². The van der Waals surface area contributed by atoms with Crippen molar-refractivity contribution in [2.24, 2.45) is 5.92 Å². The van der Waals surface area contributed by atoms with Crippen molar-refractivity contribution in [1.29, 1.82) is 0 Å². The van der Waals surface area contributed by atoms with Crippen molar-refractivity contribution in [2.75, 3.05) is 38.0 Å². The highest BCUT2D eigenvalue weighted by atomic mass is 35.5. The van der Waals surface area contributed by atoms with Gasteiger partial charge < -0.3 is 15.5 Å². The Morgan fingerprint density at radius 1 is 1.32 bits per heavy atom. The Balaban J connectivity index is 1.66. The molecule has 0 aliphatic carbocycles. The fraction of sp³-hybridized carbons (Fsp3) is 0.588. The van der Waals surface area contributed by atoms with Crippen molar-refractivity contribution in [3.63, 3.8) is 0 Å². The van der Waals surface area contributed by atoms with Gasteiger partial charge in [0.15, 0.2) is 0 Å². The number of rotatable bonds is 7. The molecule has 1 heterocycles. The number of benzene rings is 1. The van der Waals surface area contributed by atoms with Crippen LogP contribution in [0.3, 0.4) is 0 Å². The van der Waals surface area contributed by atoms with E-state index >= 15 is 0 Å². The third kappa shape index (κ3) is 5.59. The summed E-state index contributed by atoms with van der Waals surface area (Å²) >= 11 is 6.04. The second-order valence-electron chi connectivity index (χ2n) is 5.87. The first-order valence-corrected chi connectivity index (χ1v) is 8.54. The van der Waals surface area contributed by atoms with E-state index in [1.54, 1.807) is 6.07 Å². The lowest BCUT2D eigenvalue weighted by Crippen LogP contribution is -2.38. The first-order valence-electron chi connectivity index (χ1n) is 8.16. The zero-order chi connectivity index (χ0) is 15.8. The zero-order valence-electron chi connectivity index (χ0n) is 13.3. The van der Waals surface area contributed by atoms with Gasteiger partial charge in [-0.1, -0.05) is 30.7 Å². The second kappa shape index (κ2) is 9.13. The standard InChI is InChI=1S/C17H26ClN3O/c1-2-19-13-14-7-10-21(11-8-14)12-9-17(22)20-16-6-4-3-5-15(16)18/h3-6,14,19H,2,7-13H2,1H3,(H,20,22). The summed E-state index contributed by atoms with van der Waals surface area (Å²) in [5.74, 6) is 0.816. The largest absolute Gasteiger partial charge is 0.325 e. The normalized spacial score (nSPS) is 16.6. The Morgan fingerprint density at radius 2 is 2.05 bits per heavy atom. The van der Waals surface area contributed by atoms with Crippen LogP contribution in [0.25, 0.3) is 0 Å². The van der Waals surface area contributed by atoms with Crippen LogP contribution in [0.4, 0.5) is 5.69 Å². The van der Waals surface area contributed by atoms with Gasteiger partial charge in [-0.15, -0.1) is 0 Å². The molecule has 2 rings (SSSR count). The maximum atomic E-state index is 12.0. The minimum absolute atomic E-state index is 0.0304. The van der Waals surface area contributed by atoms with Gasteiger partial charge in [-0.2, -0.15) is 0 Å². The number of para-hydroxylation sites is 1. The molecule has 1 aromatic carbocycles. The Kier molecular flexibility index (Phi) is 7.16. The molecular weight excluding hydrogens is 298 g/mol. The molecule has 5 heteroatoms. The van der Waals surface area contributed by atoms with Crippen LogP contribution in [0, 0.1) is 5.92 Å². The zero-order valence-corrected chi connectivity index (χ0v) is 14.0. The van der Waals surface area contributed by atoms with Gasteiger partial charge in [0, 0.05) is 13.0 Å². The first kappa shape index (κ1) is 17.3. The summed E-state index contributed by atoms with van der Waals surface area (Å²) in [6.07, 6.45) is 2.96. The number of nitrogens with zero attached hydrogens (tertiary/aromatic N) is 1. The van der Waals surface area contributed by atoms with Gasteiger partial charge in [-0.05, 0) is 57.1 Å². The smallest absolute Gasteiger partial charge is 0.225 e. The van der Waals surface area contributed by atoms with Crippen LogP contribution < -0.4 is 10.6 Å². The highest BCUT2D eigenvalue weighted by Crippen LogP contribution is 2.21. The predicted molar refractivity (Wildman–Crippen MR) is 92.4 cm³/mol. The Hall–Kier alpha value is -1.10. The molecule has 0 spiro atoms. The number of halogens is 1. The molecule has 1 aromatic rings. The number of nitrogens with one attached hydrogen (secondary N) is 2. The molecule has 1 saturated heterocycles. The first-order chi connectivity index (χ1) is 10.7. The van der Waals surface area contributed by atoms with Crippen LogP contribution in [-0.2, 0) is 4.79 Å². The molecule has 0 aromatic heterocycles. The minimum atomic E-state index is 0.0304. The van der Waals surface area contributed by atoms with E-state index in [2.05, 4.69) is 22.5 Å². The molecular formula is C17H26ClN3O. The van der Waals surface area contributed by atoms with E-state index in [0.29, 0.717) is 17.1 Å². The lowest BCUT2D eigenvalue weighted by molar-refractivity contribution is -0.116. The summed E-state index contributed by atoms with van der Waals surface area (Å²) in [6, 6.07) is 7.34. The Morgan fingerprint density at radius 3 is 2.73 bits per heavy atom. The Labute approximate surface area is 138 Å². The molecule has 0 bridgehead atoms. The topological polar surface area (TPSA) is 44.4 Å². The number of carbonyl (C=O) groups excluding carboxylic acids is 1. The molecule has 1 aliphatic heterocycles. The summed E-state index contributed by atoms with van der Waals surface area (Å²) < 4.78 is 0. The van der Waals surface area contributed by atoms with Gasteiger partial charge >= 0.3 is 0 Å². The summed E-state index contributed by atoms with van der Waals surface area (Å²) in [5, 5.41) is 6.88. The molecule has 1 amide bonds. The second-order valence-corrected chi connectivity index (χ2v) is 6.28. The van der Waals surface area contributed by atoms with E-state index in [4.69, 9.17) is 11.6 Å². The minimum Gasteiger partial charge on any atom is -0.325 e. The molecule has 122 valence electrons. The monoisotopic (exact) mass is 323 g/mol. The molecule has 0 radical (unpaired) electrons. The van der Waals surface area contributed by atoms with E-state index in [-0.39, 0.29) is 5.91 Å². The van der Waals surface area contributed by atoms with Gasteiger partial charge in [0.25, 0.3) is 0 Å². The van der Waals surface area contributed by atoms with E-state index in [9.17, 15) is 4.79 Å². The third-order valence-corrected chi connectivity index (χ3v) is 4.52. The summed E-state index contributed by atoms with van der Waals surface area (Å²) in [5.41, 5.74) is 0.693. The number of amides is 1. The van der Waals surface area contributed by atoms with Crippen LogP contribution >= 0.6 is 11.6 Å². The quantitative estimate of drug-likeness (QED) is 0.810. The molecule has 1 aliphatic rings. The number of piperidine rings is 1. The van der Waals surface area contributed by atoms with Crippen LogP contribution in [0.15, 0.2) is 24.3 Å². The van der Waals surface area contributed by atoms with Crippen LogP contribution in [-0.4, -0.2) is 43.5 Å². The van der Waals surface area contributed by atoms with Crippen molar-refractivity contribution in [3.05, 3.63) is 29.3 Å². The SMILES string of the molecule is CCNCC1CCN(CCC(=O)Nc2ccccc2Cl)CC1. The summed E-state index contributed by atoms with van der Waals surface area (Å²) in [6.45, 7) is 7.32. The third-order valence-electron chi connectivity index (χ3n) is 4.19. The molecule has 4 nitrogen and oxygen atoms in total. The van der Waals surface area contributed by atoms with Crippen molar-refractivity contribution >= 4 is 23.2 Å². The van der Waals surface area contributed by atoms with Crippen molar-refractivity contribution in [2.45, 2.75) is 26.2 Å². The van der Waals surface area contributed by atoms with Gasteiger partial charge in [0.2, 0.25) is 5.91 Å². The highest BCUT2D eigenvalue weighted by molar-refractivity contribution is 6.33. The number of likely N-dealkylation sites (tertiary alicyclic amines) is 1. The van der Waals surface area contributed by atoms with Gasteiger partial charge in [-0.25, -0.2) is 0 Å². The molecule has 22 heavy (non-hydrogen) atoms. The van der Waals surface area contributed by atoms with E-state index in [1.807, 2.05) is 18.2 Å². The van der Waals surface area contributed by atoms with Crippen LogP contribution in [0.5, 0.6) is 0 Å². The predicted octanol–water partition coefficient (Wildman–Crippen LogP) is 2.99. The lowest BCUT2D eigenvalue weighted by Gasteiger charge is -2.31. The number of hydrogen-bond acceptors (Lipinski definition) is 3. The number of carbonyl (C=O) groups is 1. The van der Waals surface area contributed by atoms with Gasteiger partial charge in [0.1, 0.15) is 0 Å². The summed E-state index contributed by atoms with van der Waals surface area (Å²) in [4.78, 5) is 14.4. The maximum absolute atomic E-state index is 12.0. The summed E-state index contributed by atoms with van der Waals surface area (Å²) in [7, 11) is 0. The van der Waals surface area contributed by atoms with Crippen molar-refractivity contribution in [3.8, 4) is 0 Å². The molecule has 0 atom stereocenters. The molecule has 1 fully saturated rings. The fourth-order valence-corrected chi connectivity index (χ4v) is 2.98. The van der Waals surface area contributed by atoms with E-state index in [0.717, 1.165) is 38.6 Å². The van der Waals surface area contributed by atoms with Crippen LogP contribution in [0.2, 0.25) is 5.02 Å².